The van der Waals surface area contributed by atoms with Crippen LogP contribution in [0.4, 0.5) is 10.1 Å². The molecule has 3 heterocycles. The normalized spacial score (nSPS) is 19.7. The van der Waals surface area contributed by atoms with Gasteiger partial charge in [0.2, 0.25) is 0 Å². The zero-order valence-corrected chi connectivity index (χ0v) is 12.5. The maximum atomic E-state index is 13.3. The van der Waals surface area contributed by atoms with Gasteiger partial charge in [-0.15, -0.1) is 0 Å². The third kappa shape index (κ3) is 2.36. The van der Waals surface area contributed by atoms with Crippen molar-refractivity contribution in [2.24, 2.45) is 0 Å². The molecule has 23 heavy (non-hydrogen) atoms. The molecule has 2 N–H and O–H groups in total. The average molecular weight is 310 g/mol. The Hall–Kier alpha value is -2.76. The van der Waals surface area contributed by atoms with Crippen molar-refractivity contribution in [3.63, 3.8) is 0 Å². The van der Waals surface area contributed by atoms with Crippen molar-refractivity contribution < 1.29 is 9.13 Å². The maximum Gasteiger partial charge on any atom is 0.131 e. The molecule has 6 heteroatoms. The highest BCUT2D eigenvalue weighted by Crippen LogP contribution is 2.44. The van der Waals surface area contributed by atoms with Crippen LogP contribution in [0.2, 0.25) is 0 Å². The van der Waals surface area contributed by atoms with E-state index >= 15 is 0 Å². The molecule has 0 amide bonds. The van der Waals surface area contributed by atoms with Crippen molar-refractivity contribution in [3.05, 3.63) is 42.4 Å². The van der Waals surface area contributed by atoms with Crippen LogP contribution in [0.25, 0.3) is 22.3 Å². The highest BCUT2D eigenvalue weighted by Gasteiger charge is 2.39. The van der Waals surface area contributed by atoms with Crippen LogP contribution in [0.5, 0.6) is 5.75 Å². The van der Waals surface area contributed by atoms with Gasteiger partial charge in [0, 0.05) is 24.5 Å². The second kappa shape index (κ2) is 5.15. The van der Waals surface area contributed by atoms with Gasteiger partial charge < -0.3 is 10.5 Å². The molecule has 2 unspecified atom stereocenters. The van der Waals surface area contributed by atoms with Gasteiger partial charge >= 0.3 is 0 Å². The van der Waals surface area contributed by atoms with E-state index in [2.05, 4.69) is 15.0 Å². The topological polar surface area (TPSA) is 73.9 Å². The summed E-state index contributed by atoms with van der Waals surface area (Å²) in [6, 6.07) is 5.39. The summed E-state index contributed by atoms with van der Waals surface area (Å²) in [6.45, 7) is 0. The minimum Gasteiger partial charge on any atom is -0.496 e. The van der Waals surface area contributed by atoms with Crippen LogP contribution in [0.15, 0.2) is 36.8 Å². The van der Waals surface area contributed by atoms with Crippen molar-refractivity contribution in [2.45, 2.75) is 18.5 Å². The van der Waals surface area contributed by atoms with Crippen molar-refractivity contribution >= 4 is 16.7 Å². The number of anilines is 1. The van der Waals surface area contributed by atoms with E-state index in [1.165, 1.54) is 0 Å². The largest absolute Gasteiger partial charge is 0.496 e. The van der Waals surface area contributed by atoms with Crippen molar-refractivity contribution in [1.29, 1.82) is 0 Å². The molecule has 0 spiro atoms. The van der Waals surface area contributed by atoms with Gasteiger partial charge in [-0.3, -0.25) is 9.97 Å². The lowest BCUT2D eigenvalue weighted by Crippen LogP contribution is -1.98. The van der Waals surface area contributed by atoms with Gasteiger partial charge in [-0.1, -0.05) is 0 Å². The number of nitrogens with two attached hydrogens (primary N) is 1. The molecule has 1 aliphatic rings. The van der Waals surface area contributed by atoms with E-state index in [4.69, 9.17) is 10.5 Å². The third-order valence-electron chi connectivity index (χ3n) is 4.11. The summed E-state index contributed by atoms with van der Waals surface area (Å²) in [7, 11) is 1.59. The van der Waals surface area contributed by atoms with E-state index in [0.717, 1.165) is 11.1 Å². The first kappa shape index (κ1) is 13.9. The van der Waals surface area contributed by atoms with Gasteiger partial charge in [0.1, 0.15) is 17.4 Å². The first-order valence-corrected chi connectivity index (χ1v) is 7.36. The summed E-state index contributed by atoms with van der Waals surface area (Å²) in [5.74, 6) is 0.605. The predicted molar refractivity (Wildman–Crippen MR) is 86.0 cm³/mol. The van der Waals surface area contributed by atoms with Crippen LogP contribution in [0, 0.1) is 0 Å². The second-order valence-electron chi connectivity index (χ2n) is 5.67. The smallest absolute Gasteiger partial charge is 0.131 e. The molecule has 0 aromatic carbocycles. The summed E-state index contributed by atoms with van der Waals surface area (Å²) in [5.41, 5.74) is 10.2. The van der Waals surface area contributed by atoms with Crippen LogP contribution in [-0.4, -0.2) is 28.2 Å². The average Bonchev–Trinajstić information content (AvgIpc) is 3.31. The number of fused-ring (bicyclic) bond motifs is 1. The standard InChI is InChI=1S/C17H15FN4O/c1-23-16-2-3-20-8-11(16)14-6-13(19)17-15(22-14)4-9(7-21-17)10-5-12(10)18/h2-4,6-8,10,12H,5H2,1H3,(H2,19,22). The fourth-order valence-corrected chi connectivity index (χ4v) is 2.76. The molecule has 1 saturated carbocycles. The highest BCUT2D eigenvalue weighted by atomic mass is 19.1. The minimum absolute atomic E-state index is 0.0634. The molecule has 3 aromatic heterocycles. The lowest BCUT2D eigenvalue weighted by Gasteiger charge is -2.10. The Balaban J connectivity index is 1.87. The molecule has 116 valence electrons. The molecule has 0 radical (unpaired) electrons. The van der Waals surface area contributed by atoms with Gasteiger partial charge in [-0.2, -0.15) is 0 Å². The number of pyridine rings is 3. The third-order valence-corrected chi connectivity index (χ3v) is 4.11. The molecule has 3 aromatic rings. The van der Waals surface area contributed by atoms with Gasteiger partial charge in [0.15, 0.2) is 0 Å². The monoisotopic (exact) mass is 310 g/mol. The van der Waals surface area contributed by atoms with E-state index in [9.17, 15) is 4.39 Å². The number of aromatic nitrogens is 3. The number of ether oxygens (including phenoxy) is 1. The van der Waals surface area contributed by atoms with Gasteiger partial charge in [-0.05, 0) is 30.2 Å². The Morgan fingerprint density at radius 1 is 1.30 bits per heavy atom. The maximum absolute atomic E-state index is 13.3. The van der Waals surface area contributed by atoms with E-state index in [-0.39, 0.29) is 5.92 Å². The number of rotatable bonds is 3. The lowest BCUT2D eigenvalue weighted by molar-refractivity contribution is 0.416. The summed E-state index contributed by atoms with van der Waals surface area (Å²) in [5, 5.41) is 0. The first-order chi connectivity index (χ1) is 11.2. The van der Waals surface area contributed by atoms with Crippen LogP contribution >= 0.6 is 0 Å². The Morgan fingerprint density at radius 3 is 2.87 bits per heavy atom. The Labute approximate surface area is 132 Å². The van der Waals surface area contributed by atoms with Crippen LogP contribution in [-0.2, 0) is 0 Å². The number of methoxy groups -OCH3 is 1. The van der Waals surface area contributed by atoms with E-state index in [1.54, 1.807) is 37.8 Å². The van der Waals surface area contributed by atoms with E-state index in [0.29, 0.717) is 34.6 Å². The second-order valence-corrected chi connectivity index (χ2v) is 5.67. The van der Waals surface area contributed by atoms with E-state index in [1.807, 2.05) is 6.07 Å². The summed E-state index contributed by atoms with van der Waals surface area (Å²) >= 11 is 0. The number of nitrogens with zero attached hydrogens (tertiary/aromatic N) is 3. The molecule has 0 bridgehead atoms. The van der Waals surface area contributed by atoms with Gasteiger partial charge in [0.05, 0.1) is 29.6 Å². The molecular weight excluding hydrogens is 295 g/mol. The minimum atomic E-state index is -0.770. The molecule has 5 nitrogen and oxygen atoms in total. The summed E-state index contributed by atoms with van der Waals surface area (Å²) < 4.78 is 18.6. The zero-order valence-electron chi connectivity index (χ0n) is 12.5. The Kier molecular flexibility index (Phi) is 3.11. The zero-order chi connectivity index (χ0) is 16.0. The summed E-state index contributed by atoms with van der Waals surface area (Å²) in [4.78, 5) is 13.1. The fourth-order valence-electron chi connectivity index (χ4n) is 2.76. The molecule has 0 aliphatic heterocycles. The summed E-state index contributed by atoms with van der Waals surface area (Å²) in [6.07, 6.45) is 4.81. The Morgan fingerprint density at radius 2 is 2.13 bits per heavy atom. The van der Waals surface area contributed by atoms with Crippen molar-refractivity contribution in [3.8, 4) is 17.0 Å². The van der Waals surface area contributed by atoms with Crippen LogP contribution < -0.4 is 10.5 Å². The van der Waals surface area contributed by atoms with Gasteiger partial charge in [0.25, 0.3) is 0 Å². The molecule has 1 aliphatic carbocycles. The predicted octanol–water partition coefficient (Wildman–Crippen LogP) is 3.11. The molecule has 2 atom stereocenters. The number of nitrogen functional groups attached to an aromatic ring is 1. The van der Waals surface area contributed by atoms with Gasteiger partial charge in [-0.25, -0.2) is 9.37 Å². The number of halogens is 1. The van der Waals surface area contributed by atoms with Crippen LogP contribution in [0.1, 0.15) is 17.9 Å². The first-order valence-electron chi connectivity index (χ1n) is 7.36. The van der Waals surface area contributed by atoms with Crippen LogP contribution in [0.3, 0.4) is 0 Å². The van der Waals surface area contributed by atoms with E-state index < -0.39 is 6.17 Å². The highest BCUT2D eigenvalue weighted by molar-refractivity contribution is 5.90. The molecular formula is C17H15FN4O. The van der Waals surface area contributed by atoms with Crippen molar-refractivity contribution in [1.82, 2.24) is 15.0 Å². The van der Waals surface area contributed by atoms with Crippen molar-refractivity contribution in [2.75, 3.05) is 12.8 Å². The molecule has 0 saturated heterocycles. The quantitative estimate of drug-likeness (QED) is 0.804. The molecule has 4 rings (SSSR count). The number of hydrogen-bond acceptors (Lipinski definition) is 5. The Bertz CT molecular complexity index is 899. The molecule has 1 fully saturated rings. The fraction of sp³-hybridized carbons (Fsp3) is 0.235. The SMILES string of the molecule is COc1ccncc1-c1cc(N)c2ncc(C3CC3F)cc2n1. The number of hydrogen-bond donors (Lipinski definition) is 1. The number of alkyl halides is 1. The lowest BCUT2D eigenvalue weighted by atomic mass is 10.1.